The van der Waals surface area contributed by atoms with E-state index >= 15 is 0 Å². The van der Waals surface area contributed by atoms with Gasteiger partial charge in [0.05, 0.1) is 4.58 Å². The van der Waals surface area contributed by atoms with Gasteiger partial charge in [-0.15, -0.1) is 23.5 Å². The summed E-state index contributed by atoms with van der Waals surface area (Å²) in [5, 5.41) is 2.87. The summed E-state index contributed by atoms with van der Waals surface area (Å²) in [7, 11) is 0. The minimum atomic E-state index is -0.149. The van der Waals surface area contributed by atoms with Gasteiger partial charge in [0, 0.05) is 18.8 Å². The van der Waals surface area contributed by atoms with Crippen molar-refractivity contribution in [2.45, 2.75) is 49.3 Å². The molecule has 1 saturated carbocycles. The fourth-order valence-corrected chi connectivity index (χ4v) is 6.46. The molecule has 0 atom stereocenters. The molecule has 30 heavy (non-hydrogen) atoms. The number of hydrogen-bond acceptors (Lipinski definition) is 6. The van der Waals surface area contributed by atoms with Gasteiger partial charge in [-0.3, -0.25) is 4.79 Å². The van der Waals surface area contributed by atoms with Crippen molar-refractivity contribution in [3.8, 4) is 11.6 Å². The van der Waals surface area contributed by atoms with Crippen molar-refractivity contribution in [3.63, 3.8) is 0 Å². The molecule has 0 bridgehead atoms. The number of nitrogens with one attached hydrogen (secondary N) is 1. The maximum absolute atomic E-state index is 12.1. The number of benzene rings is 1. The van der Waals surface area contributed by atoms with Gasteiger partial charge in [-0.1, -0.05) is 18.2 Å². The Kier molecular flexibility index (Phi) is 7.81. The molecule has 1 aliphatic carbocycles. The van der Waals surface area contributed by atoms with Crippen molar-refractivity contribution < 1.29 is 14.3 Å². The first-order chi connectivity index (χ1) is 14.8. The zero-order chi connectivity index (χ0) is 20.6. The number of thioether (sulfide) groups is 2. The first-order valence-corrected chi connectivity index (χ1v) is 12.7. The van der Waals surface area contributed by atoms with Crippen LogP contribution in [0.5, 0.6) is 11.6 Å². The van der Waals surface area contributed by atoms with Gasteiger partial charge in [0.1, 0.15) is 11.9 Å². The van der Waals surface area contributed by atoms with Gasteiger partial charge in [-0.05, 0) is 66.9 Å². The molecule has 1 N–H and O–H groups in total. The quantitative estimate of drug-likeness (QED) is 0.621. The Morgan fingerprint density at radius 1 is 1.03 bits per heavy atom. The molecule has 1 aromatic carbocycles. The highest BCUT2D eigenvalue weighted by Gasteiger charge is 2.17. The molecule has 2 fully saturated rings. The standard InChI is InChI=1S/C23H28N2O3S2/c26-21(16-27-19-9-7-18(8-10-19)23-29-12-3-13-30-23)24-14-17-6-11-22(25-15-17)28-20-4-1-2-5-20/h6-11,15,20,23H,1-5,12-14,16H2,(H,24,26). The van der Waals surface area contributed by atoms with E-state index in [-0.39, 0.29) is 12.5 Å². The number of carbonyl (C=O) groups excluding carboxylic acids is 1. The van der Waals surface area contributed by atoms with Crippen molar-refractivity contribution in [1.82, 2.24) is 10.3 Å². The van der Waals surface area contributed by atoms with Crippen molar-refractivity contribution in [3.05, 3.63) is 53.7 Å². The highest BCUT2D eigenvalue weighted by atomic mass is 32.2. The zero-order valence-corrected chi connectivity index (χ0v) is 18.7. The van der Waals surface area contributed by atoms with Gasteiger partial charge in [-0.25, -0.2) is 4.98 Å². The summed E-state index contributed by atoms with van der Waals surface area (Å²) in [6.45, 7) is 0.427. The van der Waals surface area contributed by atoms with E-state index in [1.54, 1.807) is 6.20 Å². The Morgan fingerprint density at radius 3 is 2.50 bits per heavy atom. The van der Waals surface area contributed by atoms with Gasteiger partial charge in [0.25, 0.3) is 5.91 Å². The lowest BCUT2D eigenvalue weighted by atomic mass is 10.2. The van der Waals surface area contributed by atoms with Crippen LogP contribution in [0.2, 0.25) is 0 Å². The van der Waals surface area contributed by atoms with Gasteiger partial charge < -0.3 is 14.8 Å². The summed E-state index contributed by atoms with van der Waals surface area (Å²) in [6.07, 6.45) is 8.04. The summed E-state index contributed by atoms with van der Waals surface area (Å²) in [5.74, 6) is 3.68. The Morgan fingerprint density at radius 2 is 1.80 bits per heavy atom. The molecule has 0 spiro atoms. The number of ether oxygens (including phenoxy) is 2. The van der Waals surface area contributed by atoms with Crippen LogP contribution in [-0.2, 0) is 11.3 Å². The van der Waals surface area contributed by atoms with E-state index in [1.807, 2.05) is 47.8 Å². The average molecular weight is 445 g/mol. The van der Waals surface area contributed by atoms with E-state index in [2.05, 4.69) is 22.4 Å². The summed E-state index contributed by atoms with van der Waals surface area (Å²) in [5.41, 5.74) is 2.25. The molecule has 2 aromatic rings. The predicted molar refractivity (Wildman–Crippen MR) is 123 cm³/mol. The second-order valence-corrected chi connectivity index (χ2v) is 10.3. The minimum absolute atomic E-state index is 0.00256. The summed E-state index contributed by atoms with van der Waals surface area (Å²) in [6, 6.07) is 11.9. The highest BCUT2D eigenvalue weighted by molar-refractivity contribution is 8.16. The lowest BCUT2D eigenvalue weighted by molar-refractivity contribution is -0.123. The molecule has 4 rings (SSSR count). The van der Waals surface area contributed by atoms with Crippen LogP contribution in [0.4, 0.5) is 0 Å². The largest absolute Gasteiger partial charge is 0.484 e. The van der Waals surface area contributed by atoms with E-state index in [0.29, 0.717) is 23.1 Å². The van der Waals surface area contributed by atoms with E-state index in [1.165, 1.54) is 36.3 Å². The van der Waals surface area contributed by atoms with Crippen molar-refractivity contribution in [2.75, 3.05) is 18.1 Å². The second-order valence-electron chi connectivity index (χ2n) is 7.59. The molecule has 1 saturated heterocycles. The van der Waals surface area contributed by atoms with E-state index in [9.17, 15) is 4.79 Å². The zero-order valence-electron chi connectivity index (χ0n) is 17.0. The third kappa shape index (κ3) is 6.32. The Hall–Kier alpha value is -1.86. The number of pyridine rings is 1. The lowest BCUT2D eigenvalue weighted by Gasteiger charge is -2.21. The summed E-state index contributed by atoms with van der Waals surface area (Å²) < 4.78 is 12.0. The number of hydrogen-bond donors (Lipinski definition) is 1. The number of carbonyl (C=O) groups is 1. The van der Waals surface area contributed by atoms with E-state index < -0.39 is 0 Å². The van der Waals surface area contributed by atoms with Crippen LogP contribution < -0.4 is 14.8 Å². The maximum Gasteiger partial charge on any atom is 0.258 e. The molecule has 0 unspecified atom stereocenters. The summed E-state index contributed by atoms with van der Waals surface area (Å²) in [4.78, 5) is 16.5. The average Bonchev–Trinajstić information content (AvgIpc) is 3.31. The fraction of sp³-hybridized carbons (Fsp3) is 0.478. The van der Waals surface area contributed by atoms with Gasteiger partial charge in [-0.2, -0.15) is 0 Å². The third-order valence-electron chi connectivity index (χ3n) is 5.23. The first-order valence-electron chi connectivity index (χ1n) is 10.6. The van der Waals surface area contributed by atoms with E-state index in [4.69, 9.17) is 9.47 Å². The molecule has 160 valence electrons. The van der Waals surface area contributed by atoms with Gasteiger partial charge >= 0.3 is 0 Å². The van der Waals surface area contributed by atoms with Crippen LogP contribution in [0.25, 0.3) is 0 Å². The molecular weight excluding hydrogens is 416 g/mol. The fourth-order valence-electron chi connectivity index (χ4n) is 3.56. The van der Waals surface area contributed by atoms with Crippen LogP contribution in [0, 0.1) is 0 Å². The first kappa shape index (κ1) is 21.4. The molecule has 5 nitrogen and oxygen atoms in total. The van der Waals surface area contributed by atoms with Crippen LogP contribution in [0.1, 0.15) is 47.8 Å². The van der Waals surface area contributed by atoms with Crippen LogP contribution in [0.15, 0.2) is 42.6 Å². The lowest BCUT2D eigenvalue weighted by Crippen LogP contribution is -2.28. The Bertz CT molecular complexity index is 802. The van der Waals surface area contributed by atoms with Crippen LogP contribution in [0.3, 0.4) is 0 Å². The number of aromatic nitrogens is 1. The number of rotatable bonds is 8. The molecule has 1 aromatic heterocycles. The highest BCUT2D eigenvalue weighted by Crippen LogP contribution is 2.43. The Labute approximate surface area is 186 Å². The minimum Gasteiger partial charge on any atom is -0.484 e. The van der Waals surface area contributed by atoms with Crippen molar-refractivity contribution in [1.29, 1.82) is 0 Å². The molecule has 2 heterocycles. The predicted octanol–water partition coefficient (Wildman–Crippen LogP) is 4.97. The number of amides is 1. The van der Waals surface area contributed by atoms with Gasteiger partial charge in [0.2, 0.25) is 5.88 Å². The SMILES string of the molecule is O=C(COc1ccc(C2SCCCS2)cc1)NCc1ccc(OC2CCCC2)nc1. The molecule has 1 amide bonds. The monoisotopic (exact) mass is 444 g/mol. The second kappa shape index (κ2) is 11.0. The number of nitrogens with zero attached hydrogens (tertiary/aromatic N) is 1. The molecule has 2 aliphatic rings. The molecule has 7 heteroatoms. The molecule has 1 aliphatic heterocycles. The third-order valence-corrected chi connectivity index (χ3v) is 8.24. The van der Waals surface area contributed by atoms with Crippen LogP contribution >= 0.6 is 23.5 Å². The van der Waals surface area contributed by atoms with Gasteiger partial charge in [0.15, 0.2) is 6.61 Å². The van der Waals surface area contributed by atoms with Crippen molar-refractivity contribution in [2.24, 2.45) is 0 Å². The van der Waals surface area contributed by atoms with Crippen LogP contribution in [-0.4, -0.2) is 35.1 Å². The van der Waals surface area contributed by atoms with Crippen molar-refractivity contribution >= 4 is 29.4 Å². The normalized spacial score (nSPS) is 17.6. The van der Waals surface area contributed by atoms with E-state index in [0.717, 1.165) is 24.2 Å². The maximum atomic E-state index is 12.1. The Balaban J connectivity index is 1.17. The summed E-state index contributed by atoms with van der Waals surface area (Å²) >= 11 is 4.00. The smallest absolute Gasteiger partial charge is 0.258 e. The molecule has 0 radical (unpaired) electrons. The molecular formula is C23H28N2O3S2. The topological polar surface area (TPSA) is 60.5 Å².